The van der Waals surface area contributed by atoms with Gasteiger partial charge in [0, 0.05) is 18.7 Å². The maximum Gasteiger partial charge on any atom is 0.255 e. The van der Waals surface area contributed by atoms with Gasteiger partial charge in [0.25, 0.3) is 11.8 Å². The van der Waals surface area contributed by atoms with Crippen LogP contribution in [0.2, 0.25) is 0 Å². The number of nitrogens with one attached hydrogen (secondary N) is 2. The van der Waals surface area contributed by atoms with Gasteiger partial charge in [-0.25, -0.2) is 8.42 Å². The highest BCUT2D eigenvalue weighted by Crippen LogP contribution is 2.25. The summed E-state index contributed by atoms with van der Waals surface area (Å²) >= 11 is 0. The van der Waals surface area contributed by atoms with Gasteiger partial charge < -0.3 is 10.6 Å². The average Bonchev–Trinajstić information content (AvgIpc) is 3.41. The first kappa shape index (κ1) is 24.6. The first-order valence-electron chi connectivity index (χ1n) is 11.6. The van der Waals surface area contributed by atoms with Crippen molar-refractivity contribution < 1.29 is 18.0 Å². The quantitative estimate of drug-likeness (QED) is 0.508. The predicted octanol–water partition coefficient (Wildman–Crippen LogP) is 4.52. The Labute approximate surface area is 206 Å². The van der Waals surface area contributed by atoms with Gasteiger partial charge in [-0.2, -0.15) is 4.31 Å². The van der Waals surface area contributed by atoms with Crippen LogP contribution in [0.15, 0.2) is 77.7 Å². The van der Waals surface area contributed by atoms with Crippen molar-refractivity contribution in [3.8, 4) is 0 Å². The van der Waals surface area contributed by atoms with E-state index in [1.807, 2.05) is 37.3 Å². The normalized spacial score (nSPS) is 14.9. The molecule has 0 radical (unpaired) electrons. The SMILES string of the molecule is Cc1ccc(C(=O)Nc2ccccc2C(=O)NC(C)c2ccccc2)cc1S(=O)(=O)N1CCCC1. The van der Waals surface area contributed by atoms with Crippen LogP contribution >= 0.6 is 0 Å². The Kier molecular flexibility index (Phi) is 7.33. The van der Waals surface area contributed by atoms with Crippen molar-refractivity contribution in [2.45, 2.75) is 37.6 Å². The van der Waals surface area contributed by atoms with E-state index in [2.05, 4.69) is 10.6 Å². The first-order valence-corrected chi connectivity index (χ1v) is 13.1. The minimum atomic E-state index is -3.67. The minimum absolute atomic E-state index is 0.134. The Bertz CT molecular complexity index is 1330. The van der Waals surface area contributed by atoms with Crippen LogP contribution in [0, 0.1) is 6.92 Å². The summed E-state index contributed by atoms with van der Waals surface area (Å²) in [5, 5.41) is 5.74. The van der Waals surface area contributed by atoms with E-state index in [-0.39, 0.29) is 22.4 Å². The molecule has 7 nitrogen and oxygen atoms in total. The zero-order valence-corrected chi connectivity index (χ0v) is 20.6. The minimum Gasteiger partial charge on any atom is -0.345 e. The Morgan fingerprint density at radius 3 is 2.26 bits per heavy atom. The molecule has 0 spiro atoms. The Morgan fingerprint density at radius 2 is 1.54 bits per heavy atom. The van der Waals surface area contributed by atoms with E-state index in [9.17, 15) is 18.0 Å². The number of benzene rings is 3. The molecule has 8 heteroatoms. The number of aryl methyl sites for hydroxylation is 1. The van der Waals surface area contributed by atoms with Gasteiger partial charge >= 0.3 is 0 Å². The maximum atomic E-state index is 13.1. The fourth-order valence-electron chi connectivity index (χ4n) is 4.17. The van der Waals surface area contributed by atoms with Crippen molar-refractivity contribution in [1.82, 2.24) is 9.62 Å². The van der Waals surface area contributed by atoms with Crippen LogP contribution in [-0.4, -0.2) is 37.6 Å². The third-order valence-electron chi connectivity index (χ3n) is 6.20. The van der Waals surface area contributed by atoms with E-state index in [0.717, 1.165) is 18.4 Å². The molecule has 0 bridgehead atoms. The molecule has 1 atom stereocenters. The van der Waals surface area contributed by atoms with Gasteiger partial charge in [-0.15, -0.1) is 0 Å². The smallest absolute Gasteiger partial charge is 0.255 e. The summed E-state index contributed by atoms with van der Waals surface area (Å²) in [5.41, 5.74) is 2.43. The van der Waals surface area contributed by atoms with E-state index in [4.69, 9.17) is 0 Å². The zero-order valence-electron chi connectivity index (χ0n) is 19.8. The Morgan fingerprint density at radius 1 is 0.886 bits per heavy atom. The fraction of sp³-hybridized carbons (Fsp3) is 0.259. The highest BCUT2D eigenvalue weighted by atomic mass is 32.2. The molecule has 35 heavy (non-hydrogen) atoms. The third-order valence-corrected chi connectivity index (χ3v) is 8.24. The van der Waals surface area contributed by atoms with Crippen LogP contribution in [0.25, 0.3) is 0 Å². The summed E-state index contributed by atoms with van der Waals surface area (Å²) in [5.74, 6) is -0.808. The lowest BCUT2D eigenvalue weighted by Crippen LogP contribution is -2.29. The van der Waals surface area contributed by atoms with Crippen molar-refractivity contribution >= 4 is 27.5 Å². The number of carbonyl (C=O) groups is 2. The molecule has 1 heterocycles. The second-order valence-corrected chi connectivity index (χ2v) is 10.6. The van der Waals surface area contributed by atoms with Crippen LogP contribution in [0.4, 0.5) is 5.69 Å². The molecule has 2 amide bonds. The molecule has 0 aromatic heterocycles. The number of rotatable bonds is 7. The van der Waals surface area contributed by atoms with E-state index in [1.54, 1.807) is 43.3 Å². The highest BCUT2D eigenvalue weighted by molar-refractivity contribution is 7.89. The molecule has 2 N–H and O–H groups in total. The summed E-state index contributed by atoms with van der Waals surface area (Å²) in [6.45, 7) is 4.59. The van der Waals surface area contributed by atoms with Gasteiger partial charge in [-0.3, -0.25) is 9.59 Å². The number of carbonyl (C=O) groups excluding carboxylic acids is 2. The van der Waals surface area contributed by atoms with Crippen LogP contribution in [0.1, 0.15) is 57.7 Å². The van der Waals surface area contributed by atoms with Crippen molar-refractivity contribution in [2.24, 2.45) is 0 Å². The van der Waals surface area contributed by atoms with Crippen molar-refractivity contribution in [1.29, 1.82) is 0 Å². The van der Waals surface area contributed by atoms with Crippen LogP contribution in [-0.2, 0) is 10.0 Å². The lowest BCUT2D eigenvalue weighted by atomic mass is 10.1. The van der Waals surface area contributed by atoms with E-state index in [1.165, 1.54) is 10.4 Å². The van der Waals surface area contributed by atoms with E-state index in [0.29, 0.717) is 29.9 Å². The Hall–Kier alpha value is -3.49. The van der Waals surface area contributed by atoms with Crippen molar-refractivity contribution in [3.63, 3.8) is 0 Å². The van der Waals surface area contributed by atoms with Crippen LogP contribution < -0.4 is 10.6 Å². The maximum absolute atomic E-state index is 13.1. The number of sulfonamides is 1. The molecule has 1 aliphatic rings. The number of hydrogen-bond donors (Lipinski definition) is 2. The number of anilines is 1. The molecule has 0 saturated carbocycles. The number of amides is 2. The summed E-state index contributed by atoms with van der Waals surface area (Å²) in [6.07, 6.45) is 1.67. The van der Waals surface area contributed by atoms with Crippen LogP contribution in [0.3, 0.4) is 0 Å². The monoisotopic (exact) mass is 491 g/mol. The topological polar surface area (TPSA) is 95.6 Å². The van der Waals surface area contributed by atoms with Gasteiger partial charge in [0.05, 0.1) is 22.2 Å². The van der Waals surface area contributed by atoms with Crippen LogP contribution in [0.5, 0.6) is 0 Å². The average molecular weight is 492 g/mol. The molecule has 1 saturated heterocycles. The fourth-order valence-corrected chi connectivity index (χ4v) is 5.94. The number of hydrogen-bond acceptors (Lipinski definition) is 4. The number of para-hydroxylation sites is 1. The van der Waals surface area contributed by atoms with Gasteiger partial charge in [0.15, 0.2) is 0 Å². The van der Waals surface area contributed by atoms with Crippen molar-refractivity contribution in [2.75, 3.05) is 18.4 Å². The van der Waals surface area contributed by atoms with Crippen molar-refractivity contribution in [3.05, 3.63) is 95.1 Å². The second kappa shape index (κ2) is 10.4. The summed E-state index contributed by atoms with van der Waals surface area (Å²) in [7, 11) is -3.67. The molecule has 3 aromatic carbocycles. The van der Waals surface area contributed by atoms with Gasteiger partial charge in [0.1, 0.15) is 0 Å². The van der Waals surface area contributed by atoms with E-state index >= 15 is 0 Å². The molecular formula is C27H29N3O4S. The third kappa shape index (κ3) is 5.44. The summed E-state index contributed by atoms with van der Waals surface area (Å²) in [4.78, 5) is 26.2. The molecule has 1 fully saturated rings. The van der Waals surface area contributed by atoms with Gasteiger partial charge in [-0.1, -0.05) is 48.5 Å². The predicted molar refractivity (Wildman–Crippen MR) is 136 cm³/mol. The molecule has 0 aliphatic carbocycles. The standard InChI is InChI=1S/C27H29N3O4S/c1-19-14-15-22(18-25(19)35(33,34)30-16-8-9-17-30)26(31)29-24-13-7-6-12-23(24)27(32)28-20(2)21-10-4-3-5-11-21/h3-7,10-15,18,20H,8-9,16-17H2,1-2H3,(H,28,32)(H,29,31). The molecular weight excluding hydrogens is 462 g/mol. The molecule has 3 aromatic rings. The molecule has 4 rings (SSSR count). The van der Waals surface area contributed by atoms with Gasteiger partial charge in [-0.05, 0) is 62.1 Å². The van der Waals surface area contributed by atoms with E-state index < -0.39 is 15.9 Å². The highest BCUT2D eigenvalue weighted by Gasteiger charge is 2.29. The molecule has 182 valence electrons. The first-order chi connectivity index (χ1) is 16.8. The molecule has 1 aliphatic heterocycles. The zero-order chi connectivity index (χ0) is 25.0. The molecule has 1 unspecified atom stereocenters. The number of nitrogens with zero attached hydrogens (tertiary/aromatic N) is 1. The second-order valence-electron chi connectivity index (χ2n) is 8.70. The lowest BCUT2D eigenvalue weighted by Gasteiger charge is -2.18. The van der Waals surface area contributed by atoms with Gasteiger partial charge in [0.2, 0.25) is 10.0 Å². The Balaban J connectivity index is 1.55. The summed E-state index contributed by atoms with van der Waals surface area (Å²) in [6, 6.07) is 20.8. The summed E-state index contributed by atoms with van der Waals surface area (Å²) < 4.78 is 27.6. The lowest BCUT2D eigenvalue weighted by molar-refractivity contribution is 0.0940. The largest absolute Gasteiger partial charge is 0.345 e.